The Hall–Kier alpha value is -2.08. The number of benzene rings is 1. The molecule has 6 nitrogen and oxygen atoms in total. The van der Waals surface area contributed by atoms with Gasteiger partial charge in [0.2, 0.25) is 0 Å². The van der Waals surface area contributed by atoms with Gasteiger partial charge in [0.15, 0.2) is 6.04 Å². The van der Waals surface area contributed by atoms with Gasteiger partial charge in [-0.1, -0.05) is 30.3 Å². The number of esters is 1. The topological polar surface area (TPSA) is 67.9 Å². The number of hydrogen-bond donors (Lipinski definition) is 1. The van der Waals surface area contributed by atoms with Crippen molar-refractivity contribution >= 4 is 12.1 Å². The highest BCUT2D eigenvalue weighted by Crippen LogP contribution is 2.20. The molecule has 1 aromatic rings. The average Bonchev–Trinajstić information content (AvgIpc) is 2.58. The van der Waals surface area contributed by atoms with E-state index in [4.69, 9.17) is 9.47 Å². The minimum absolute atomic E-state index is 0.369. The molecular formula is C20H30N2O4. The summed E-state index contributed by atoms with van der Waals surface area (Å²) in [5.41, 5.74) is 0.0373. The van der Waals surface area contributed by atoms with Crippen LogP contribution in [0.15, 0.2) is 30.3 Å². The van der Waals surface area contributed by atoms with Crippen LogP contribution in [0.4, 0.5) is 4.79 Å². The third-order valence-corrected chi connectivity index (χ3v) is 4.33. The molecule has 1 saturated heterocycles. The lowest BCUT2D eigenvalue weighted by atomic mass is 9.98. The SMILES string of the molecule is CN1CCC(COC(=O)C(NC(=O)OC(C)(C)C)c2ccccc2)CC1. The maximum Gasteiger partial charge on any atom is 0.408 e. The van der Waals surface area contributed by atoms with Crippen LogP contribution in [0, 0.1) is 5.92 Å². The minimum atomic E-state index is -0.877. The summed E-state index contributed by atoms with van der Waals surface area (Å²) in [6, 6.07) is 8.21. The number of hydrogen-bond acceptors (Lipinski definition) is 5. The van der Waals surface area contributed by atoms with Crippen LogP contribution in [0.5, 0.6) is 0 Å². The zero-order valence-corrected chi connectivity index (χ0v) is 16.2. The van der Waals surface area contributed by atoms with Crippen molar-refractivity contribution in [2.24, 2.45) is 5.92 Å². The first-order valence-electron chi connectivity index (χ1n) is 9.14. The highest BCUT2D eigenvalue weighted by molar-refractivity contribution is 5.82. The Morgan fingerprint density at radius 2 is 1.81 bits per heavy atom. The van der Waals surface area contributed by atoms with Crippen molar-refractivity contribution in [2.45, 2.75) is 45.3 Å². The fourth-order valence-electron chi connectivity index (χ4n) is 2.86. The fraction of sp³-hybridized carbons (Fsp3) is 0.600. The zero-order valence-electron chi connectivity index (χ0n) is 16.2. The highest BCUT2D eigenvalue weighted by Gasteiger charge is 2.28. The summed E-state index contributed by atoms with van der Waals surface area (Å²) < 4.78 is 10.8. The molecule has 1 aliphatic rings. The van der Waals surface area contributed by atoms with E-state index in [9.17, 15) is 9.59 Å². The number of likely N-dealkylation sites (tertiary alicyclic amines) is 1. The Kier molecular flexibility index (Phi) is 7.03. The Bertz CT molecular complexity index is 590. The van der Waals surface area contributed by atoms with E-state index in [1.807, 2.05) is 18.2 Å². The van der Waals surface area contributed by atoms with E-state index < -0.39 is 23.7 Å². The molecule has 0 bridgehead atoms. The molecule has 0 aromatic heterocycles. The molecule has 26 heavy (non-hydrogen) atoms. The number of alkyl carbamates (subject to hydrolysis) is 1. The van der Waals surface area contributed by atoms with Crippen molar-refractivity contribution in [1.29, 1.82) is 0 Å². The van der Waals surface area contributed by atoms with Gasteiger partial charge in [-0.25, -0.2) is 9.59 Å². The van der Waals surface area contributed by atoms with E-state index in [0.717, 1.165) is 25.9 Å². The van der Waals surface area contributed by atoms with E-state index in [1.165, 1.54) is 0 Å². The predicted octanol–water partition coefficient (Wildman–Crippen LogP) is 3.14. The summed E-state index contributed by atoms with van der Waals surface area (Å²) in [5.74, 6) is -0.0888. The molecule has 0 radical (unpaired) electrons. The van der Waals surface area contributed by atoms with Gasteiger partial charge in [-0.2, -0.15) is 0 Å². The van der Waals surface area contributed by atoms with Gasteiger partial charge >= 0.3 is 12.1 Å². The minimum Gasteiger partial charge on any atom is -0.464 e. The van der Waals surface area contributed by atoms with Crippen molar-refractivity contribution in [3.8, 4) is 0 Å². The number of nitrogens with zero attached hydrogens (tertiary/aromatic N) is 1. The number of carbonyl (C=O) groups is 2. The molecule has 144 valence electrons. The molecule has 0 aliphatic carbocycles. The van der Waals surface area contributed by atoms with Crippen LogP contribution in [-0.2, 0) is 14.3 Å². The number of rotatable bonds is 5. The molecule has 0 saturated carbocycles. The Morgan fingerprint density at radius 1 is 1.19 bits per heavy atom. The summed E-state index contributed by atoms with van der Waals surface area (Å²) in [7, 11) is 2.10. The largest absolute Gasteiger partial charge is 0.464 e. The zero-order chi connectivity index (χ0) is 19.2. The molecule has 1 atom stereocenters. The van der Waals surface area contributed by atoms with Gasteiger partial charge in [-0.05, 0) is 65.2 Å². The number of piperidine rings is 1. The molecule has 2 rings (SSSR count). The molecule has 1 unspecified atom stereocenters. The van der Waals surface area contributed by atoms with E-state index in [2.05, 4.69) is 17.3 Å². The molecule has 1 N–H and O–H groups in total. The summed E-state index contributed by atoms with van der Waals surface area (Å²) in [5, 5.41) is 2.64. The highest BCUT2D eigenvalue weighted by atomic mass is 16.6. The lowest BCUT2D eigenvalue weighted by Gasteiger charge is -2.29. The van der Waals surface area contributed by atoms with Gasteiger partial charge in [-0.15, -0.1) is 0 Å². The van der Waals surface area contributed by atoms with E-state index in [1.54, 1.807) is 32.9 Å². The van der Waals surface area contributed by atoms with Gasteiger partial charge in [0, 0.05) is 0 Å². The first-order valence-corrected chi connectivity index (χ1v) is 9.14. The van der Waals surface area contributed by atoms with Gasteiger partial charge in [0.1, 0.15) is 5.60 Å². The normalized spacial score (nSPS) is 17.4. The quantitative estimate of drug-likeness (QED) is 0.815. The first-order chi connectivity index (χ1) is 12.2. The third-order valence-electron chi connectivity index (χ3n) is 4.33. The summed E-state index contributed by atoms with van der Waals surface area (Å²) in [6.07, 6.45) is 1.39. The van der Waals surface area contributed by atoms with Crippen LogP contribution in [-0.4, -0.2) is 49.3 Å². The van der Waals surface area contributed by atoms with E-state index >= 15 is 0 Å². The Labute approximate surface area is 155 Å². The monoisotopic (exact) mass is 362 g/mol. The Balaban J connectivity index is 1.98. The van der Waals surface area contributed by atoms with Gasteiger partial charge in [-0.3, -0.25) is 0 Å². The van der Waals surface area contributed by atoms with Crippen molar-refractivity contribution in [1.82, 2.24) is 10.2 Å². The fourth-order valence-corrected chi connectivity index (χ4v) is 2.86. The predicted molar refractivity (Wildman–Crippen MR) is 99.7 cm³/mol. The number of carbonyl (C=O) groups excluding carboxylic acids is 2. The average molecular weight is 362 g/mol. The van der Waals surface area contributed by atoms with Crippen molar-refractivity contribution < 1.29 is 19.1 Å². The molecule has 1 aliphatic heterocycles. The Morgan fingerprint density at radius 3 is 2.38 bits per heavy atom. The van der Waals surface area contributed by atoms with Crippen LogP contribution in [0.3, 0.4) is 0 Å². The lowest BCUT2D eigenvalue weighted by molar-refractivity contribution is -0.148. The van der Waals surface area contributed by atoms with Crippen LogP contribution >= 0.6 is 0 Å². The third kappa shape index (κ3) is 6.67. The molecule has 1 fully saturated rings. The molecule has 1 aromatic carbocycles. The van der Waals surface area contributed by atoms with Gasteiger partial charge < -0.3 is 19.7 Å². The number of amides is 1. The summed E-state index contributed by atoms with van der Waals surface area (Å²) in [6.45, 7) is 7.75. The molecule has 6 heteroatoms. The van der Waals surface area contributed by atoms with E-state index in [0.29, 0.717) is 18.1 Å². The number of ether oxygens (including phenoxy) is 2. The van der Waals surface area contributed by atoms with Crippen LogP contribution in [0.25, 0.3) is 0 Å². The summed E-state index contributed by atoms with van der Waals surface area (Å²) >= 11 is 0. The van der Waals surface area contributed by atoms with Gasteiger partial charge in [0.05, 0.1) is 6.61 Å². The second kappa shape index (κ2) is 9.03. The van der Waals surface area contributed by atoms with Crippen LogP contribution in [0.1, 0.15) is 45.2 Å². The van der Waals surface area contributed by atoms with E-state index in [-0.39, 0.29) is 0 Å². The second-order valence-corrected chi connectivity index (χ2v) is 7.87. The maximum absolute atomic E-state index is 12.6. The van der Waals surface area contributed by atoms with Crippen molar-refractivity contribution in [3.05, 3.63) is 35.9 Å². The maximum atomic E-state index is 12.6. The van der Waals surface area contributed by atoms with Crippen molar-refractivity contribution in [3.63, 3.8) is 0 Å². The molecule has 0 spiro atoms. The van der Waals surface area contributed by atoms with Gasteiger partial charge in [0.25, 0.3) is 0 Å². The standard InChI is InChI=1S/C20H30N2O4/c1-20(2,3)26-19(24)21-17(16-8-6-5-7-9-16)18(23)25-14-15-10-12-22(4)13-11-15/h5-9,15,17H,10-14H2,1-4H3,(H,21,24). The van der Waals surface area contributed by atoms with Crippen LogP contribution < -0.4 is 5.32 Å². The number of nitrogens with one attached hydrogen (secondary N) is 1. The van der Waals surface area contributed by atoms with Crippen molar-refractivity contribution in [2.75, 3.05) is 26.7 Å². The molecule has 1 heterocycles. The van der Waals surface area contributed by atoms with Crippen LogP contribution in [0.2, 0.25) is 0 Å². The first kappa shape index (κ1) is 20.2. The lowest BCUT2D eigenvalue weighted by Crippen LogP contribution is -2.39. The molecule has 1 amide bonds. The summed E-state index contributed by atoms with van der Waals surface area (Å²) in [4.78, 5) is 27.1. The smallest absolute Gasteiger partial charge is 0.408 e. The molecular weight excluding hydrogens is 332 g/mol. The second-order valence-electron chi connectivity index (χ2n) is 7.87.